The number of hydrogen-bond donors (Lipinski definition) is 4. The average molecular weight is 1490 g/mol. The van der Waals surface area contributed by atoms with Crippen molar-refractivity contribution in [3.63, 3.8) is 0 Å². The third kappa shape index (κ3) is 21.2. The van der Waals surface area contributed by atoms with Gasteiger partial charge in [0.15, 0.2) is 35.3 Å². The van der Waals surface area contributed by atoms with Crippen molar-refractivity contribution in [2.45, 2.75) is 307 Å². The summed E-state index contributed by atoms with van der Waals surface area (Å²) < 4.78 is 95.1. The van der Waals surface area contributed by atoms with E-state index in [1.807, 2.05) is 88.5 Å². The van der Waals surface area contributed by atoms with Gasteiger partial charge in [-0.2, -0.15) is 0 Å². The lowest BCUT2D eigenvalue weighted by Crippen LogP contribution is -2.61. The number of ether oxygens (including phenoxy) is 10. The number of unbranched alkanes of at least 4 members (excludes halogenated alkanes) is 2. The Morgan fingerprint density at radius 1 is 0.587 bits per heavy atom. The van der Waals surface area contributed by atoms with Crippen LogP contribution in [0.25, 0.3) is 20.9 Å². The number of amides is 2. The molecule has 6 aliphatic heterocycles. The third-order valence-electron chi connectivity index (χ3n) is 22.5. The molecule has 6 saturated heterocycles. The van der Waals surface area contributed by atoms with Crippen LogP contribution < -0.4 is 10.6 Å². The van der Waals surface area contributed by atoms with E-state index in [9.17, 15) is 33.9 Å². The number of carbonyl (C=O) groups excluding carboxylic acids is 6. The maximum absolute atomic E-state index is 16.8. The summed E-state index contributed by atoms with van der Waals surface area (Å²) >= 11 is 0. The maximum Gasteiger partial charge on any atom is 0.410 e. The van der Waals surface area contributed by atoms with Crippen molar-refractivity contribution in [1.82, 2.24) is 30.2 Å². The molecule has 0 aliphatic carbocycles. The number of rotatable bonds is 20. The van der Waals surface area contributed by atoms with Crippen LogP contribution in [-0.2, 0) is 66.5 Å². The van der Waals surface area contributed by atoms with Crippen LogP contribution in [0, 0.1) is 29.6 Å². The van der Waals surface area contributed by atoms with Crippen molar-refractivity contribution in [3.05, 3.63) is 20.9 Å². The molecule has 6 rings (SSSR count). The number of fused-ring (bicyclic) bond motifs is 2. The number of Topliss-reactive ketones (excluding diaryl/α,β-unsaturated/α-hetero) is 2. The maximum atomic E-state index is 16.8. The molecule has 598 valence electrons. The van der Waals surface area contributed by atoms with Crippen LogP contribution in [0.4, 0.5) is 18.4 Å². The zero-order chi connectivity index (χ0) is 78.9. The highest BCUT2D eigenvalue weighted by molar-refractivity contribution is 6.08. The van der Waals surface area contributed by atoms with Gasteiger partial charge in [0.05, 0.1) is 47.7 Å². The Morgan fingerprint density at radius 3 is 1.29 bits per heavy atom. The molecule has 30 nitrogen and oxygen atoms in total. The fraction of sp³-hybridized carbons (Fsp3) is 0.917. The second-order valence-electron chi connectivity index (χ2n) is 31.3. The molecular weight excluding hydrogens is 1360 g/mol. The zero-order valence-electron chi connectivity index (χ0n) is 66.5. The zero-order valence-corrected chi connectivity index (χ0v) is 66.5. The van der Waals surface area contributed by atoms with E-state index in [-0.39, 0.29) is 80.6 Å². The second kappa shape index (κ2) is 39.3. The molecule has 0 spiro atoms. The number of carbonyl (C=O) groups is 6. The Kier molecular flexibility index (Phi) is 34.4. The molecule has 6 aliphatic rings. The lowest BCUT2D eigenvalue weighted by molar-refractivity contribution is -0.295. The summed E-state index contributed by atoms with van der Waals surface area (Å²) in [5.74, 6) is -7.52. The van der Waals surface area contributed by atoms with Crippen molar-refractivity contribution in [3.8, 4) is 0 Å². The van der Waals surface area contributed by atoms with E-state index in [0.29, 0.717) is 64.6 Å². The molecule has 2 amide bonds. The number of nitrogens with one attached hydrogen (secondary N) is 2. The van der Waals surface area contributed by atoms with Crippen LogP contribution in [0.3, 0.4) is 0 Å². The molecular formula is C72H128F2N12O18. The predicted octanol–water partition coefficient (Wildman–Crippen LogP) is 9.18. The van der Waals surface area contributed by atoms with Crippen molar-refractivity contribution in [2.24, 2.45) is 39.8 Å². The number of aliphatic hydroxyl groups excluding tert-OH is 2. The Labute approximate surface area is 615 Å². The number of esters is 2. The van der Waals surface area contributed by atoms with E-state index in [2.05, 4.69) is 35.6 Å². The summed E-state index contributed by atoms with van der Waals surface area (Å²) in [5, 5.41) is 32.6. The van der Waals surface area contributed by atoms with Gasteiger partial charge in [-0.3, -0.25) is 19.4 Å². The third-order valence-corrected chi connectivity index (χ3v) is 22.5. The molecule has 26 atom stereocenters. The van der Waals surface area contributed by atoms with Gasteiger partial charge in [0.1, 0.15) is 18.3 Å². The number of azide groups is 2. The molecule has 6 heterocycles. The summed E-state index contributed by atoms with van der Waals surface area (Å²) in [6.45, 7) is 31.2. The average Bonchev–Trinajstić information content (AvgIpc) is 1.09. The summed E-state index contributed by atoms with van der Waals surface area (Å²) in [7, 11) is 11.7. The minimum atomic E-state index is -3.13. The summed E-state index contributed by atoms with van der Waals surface area (Å²) in [6, 6.07) is -2.20. The van der Waals surface area contributed by atoms with Crippen LogP contribution in [0.15, 0.2) is 10.2 Å². The standard InChI is InChI=1S/C36H63FN6O8.C35H61FN6O9.CH4O/c1-13-27-36(9)28(43(33(46)51-36)17-15-14-16-40-41-38)25(6)39-20-21(2)19-34(7,47-12)30(24(5)29(44)35(8,37)32(45)49-27)50-31-23(4)26(42(10)11)18-22(3)48-31;1-12-25-35(8)27(42(32(46)51-35)16-14-13-15-39-40-37)23(5)38-19-20(2)18-33(6,47-11)29(22(4)28(44)34(7,36)31(45)49-25)50-30-26(43)24(41(9)10)17-21(3)48-30;1-2/h21-28,30-31,39H,13-20H2,1-12H3;20-27,29-30,38,43H,12-19H2,1-11H3;2H,1H3/t21-,22?,23?,24+,25-,26?,27-,28-,30-,31+,34-,35?,36-;20-,21?,22+,23-,24?,25-,26?,27-,29-,30+,33-,34?,35-;/m11./s1. The SMILES string of the molecule is CC[C@H]1OC(=O)C(C)(F)C(=O)[C@H](C)[C@@H](O[C@@H]2OC(C)CC(N(C)C)C2C)[C@](C)(OC)C[C@@H](C)CN[C@H](C)[C@H]2N(CCCCN=[N+]=[N-])C(=O)O[C@]12C.CC[C@H]1OC(=O)C(C)(F)C(=O)[C@H](C)[C@@H](O[C@@H]2OC(C)CC(N(C)C)C2O)[C@](C)(OC)C[C@@H](C)CN[C@H](C)[C@H]2N(CCCCN=[N+]=[N-])C(=O)O[C@]12C.CO. The van der Waals surface area contributed by atoms with Gasteiger partial charge in [0, 0.05) is 99.3 Å². The van der Waals surface area contributed by atoms with Gasteiger partial charge in [0.2, 0.25) is 0 Å². The predicted molar refractivity (Wildman–Crippen MR) is 384 cm³/mol. The molecule has 8 unspecified atom stereocenters. The van der Waals surface area contributed by atoms with E-state index in [1.54, 1.807) is 58.5 Å². The lowest BCUT2D eigenvalue weighted by Gasteiger charge is -2.47. The normalized spacial score (nSPS) is 40.9. The van der Waals surface area contributed by atoms with Gasteiger partial charge in [-0.05, 0) is 198 Å². The van der Waals surface area contributed by atoms with Gasteiger partial charge < -0.3 is 78.0 Å². The molecule has 0 aromatic heterocycles. The monoisotopic (exact) mass is 1490 g/mol. The molecule has 6 fully saturated rings. The minimum Gasteiger partial charge on any atom is -0.455 e. The minimum absolute atomic E-state index is 0.0488. The highest BCUT2D eigenvalue weighted by Crippen LogP contribution is 2.45. The van der Waals surface area contributed by atoms with Crippen molar-refractivity contribution < 1.29 is 95.1 Å². The van der Waals surface area contributed by atoms with Gasteiger partial charge >= 0.3 is 24.1 Å². The first kappa shape index (κ1) is 91.2. The number of aliphatic hydroxyl groups is 2. The fourth-order valence-electron chi connectivity index (χ4n) is 16.7. The number of cyclic esters (lactones) is 2. The van der Waals surface area contributed by atoms with E-state index >= 15 is 8.78 Å². The van der Waals surface area contributed by atoms with Crippen LogP contribution in [-0.4, -0.2) is 280 Å². The number of ketones is 2. The Hall–Kier alpha value is -5.18. The van der Waals surface area contributed by atoms with E-state index in [0.717, 1.165) is 27.4 Å². The number of hydrogen-bond acceptors (Lipinski definition) is 24. The number of nitrogens with zero attached hydrogens (tertiary/aromatic N) is 10. The molecule has 0 radical (unpaired) electrons. The van der Waals surface area contributed by atoms with Gasteiger partial charge in [-0.1, -0.05) is 58.7 Å². The van der Waals surface area contributed by atoms with Crippen LogP contribution >= 0.6 is 0 Å². The first-order valence-corrected chi connectivity index (χ1v) is 37.1. The lowest BCUT2D eigenvalue weighted by atomic mass is 9.77. The molecule has 0 aromatic rings. The molecule has 0 saturated carbocycles. The fourth-order valence-corrected chi connectivity index (χ4v) is 16.7. The van der Waals surface area contributed by atoms with E-state index < -0.39 is 142 Å². The number of halogens is 2. The number of methoxy groups -OCH3 is 2. The first-order valence-electron chi connectivity index (χ1n) is 37.1. The first-order chi connectivity index (χ1) is 48.6. The highest BCUT2D eigenvalue weighted by atomic mass is 19.1. The Morgan fingerprint density at radius 2 is 0.942 bits per heavy atom. The van der Waals surface area contributed by atoms with E-state index in [1.165, 1.54) is 14.0 Å². The summed E-state index contributed by atoms with van der Waals surface area (Å²) in [6.07, 6.45) is -4.33. The molecule has 0 aromatic carbocycles. The van der Waals surface area contributed by atoms with Crippen LogP contribution in [0.5, 0.6) is 0 Å². The van der Waals surface area contributed by atoms with Crippen molar-refractivity contribution in [1.29, 1.82) is 0 Å². The second-order valence-corrected chi connectivity index (χ2v) is 31.3. The molecule has 104 heavy (non-hydrogen) atoms. The van der Waals surface area contributed by atoms with Crippen molar-refractivity contribution in [2.75, 3.05) is 88.8 Å². The van der Waals surface area contributed by atoms with Crippen molar-refractivity contribution >= 4 is 35.7 Å². The van der Waals surface area contributed by atoms with Crippen LogP contribution in [0.2, 0.25) is 0 Å². The Balaban J connectivity index is 0.000000430. The molecule has 4 N–H and O–H groups in total. The quantitative estimate of drug-likeness (QED) is 0.0168. The number of likely N-dealkylation sites (N-methyl/N-ethyl adjacent to an activating group) is 1. The molecule has 32 heteroatoms. The smallest absolute Gasteiger partial charge is 0.410 e. The topological polar surface area (TPSA) is 370 Å². The van der Waals surface area contributed by atoms with Gasteiger partial charge in [-0.25, -0.2) is 28.0 Å². The van der Waals surface area contributed by atoms with Gasteiger partial charge in [0.25, 0.3) is 11.3 Å². The Bertz CT molecular complexity index is 2730. The largest absolute Gasteiger partial charge is 0.455 e. The van der Waals surface area contributed by atoms with Crippen LogP contribution in [0.1, 0.15) is 182 Å². The summed E-state index contributed by atoms with van der Waals surface area (Å²) in [4.78, 5) is 95.6. The summed E-state index contributed by atoms with van der Waals surface area (Å²) in [5.41, 5.74) is 5.99. The van der Waals surface area contributed by atoms with E-state index in [4.69, 9.17) is 63.5 Å². The number of alkyl halides is 2. The molecule has 0 bridgehead atoms. The van der Waals surface area contributed by atoms with Gasteiger partial charge in [-0.15, -0.1) is 0 Å². The highest BCUT2D eigenvalue weighted by Gasteiger charge is 2.63.